The lowest BCUT2D eigenvalue weighted by Gasteiger charge is -2.22. The van der Waals surface area contributed by atoms with Gasteiger partial charge in [-0.3, -0.25) is 9.78 Å². The van der Waals surface area contributed by atoms with Crippen molar-refractivity contribution in [2.45, 2.75) is 18.9 Å². The van der Waals surface area contributed by atoms with Crippen molar-refractivity contribution in [3.63, 3.8) is 0 Å². The van der Waals surface area contributed by atoms with Crippen LogP contribution in [0, 0.1) is 0 Å². The molecule has 2 aromatic carbocycles. The summed E-state index contributed by atoms with van der Waals surface area (Å²) in [6, 6.07) is 19.6. The lowest BCUT2D eigenvalue weighted by molar-refractivity contribution is -0.119. The van der Waals surface area contributed by atoms with Crippen LogP contribution in [0.1, 0.15) is 11.1 Å². The molecule has 4 heteroatoms. The van der Waals surface area contributed by atoms with E-state index in [4.69, 9.17) is 5.73 Å². The van der Waals surface area contributed by atoms with Crippen LogP contribution in [0.25, 0.3) is 11.1 Å². The molecule has 1 amide bonds. The van der Waals surface area contributed by atoms with Crippen LogP contribution in [0.5, 0.6) is 0 Å². The fourth-order valence-electron chi connectivity index (χ4n) is 3.49. The first kappa shape index (κ1) is 16.5. The summed E-state index contributed by atoms with van der Waals surface area (Å²) in [5.74, 6) is -0.0144. The number of aromatic nitrogens is 1. The molecule has 1 atom stereocenters. The van der Waals surface area contributed by atoms with E-state index in [-0.39, 0.29) is 5.91 Å². The van der Waals surface area contributed by atoms with Crippen LogP contribution < -0.4 is 10.6 Å². The first-order valence-corrected chi connectivity index (χ1v) is 8.86. The van der Waals surface area contributed by atoms with E-state index >= 15 is 0 Å². The Morgan fingerprint density at radius 2 is 1.81 bits per heavy atom. The van der Waals surface area contributed by atoms with Gasteiger partial charge in [-0.15, -0.1) is 0 Å². The van der Waals surface area contributed by atoms with Gasteiger partial charge >= 0.3 is 0 Å². The van der Waals surface area contributed by atoms with Gasteiger partial charge in [-0.1, -0.05) is 42.5 Å². The maximum atomic E-state index is 13.0. The molecule has 130 valence electrons. The normalized spacial score (nSPS) is 14.1. The number of pyridine rings is 1. The SMILES string of the molecule is NC(Cc1ccccc1)C(=O)N1CCc2ccc(-c3ccncc3)cc21. The Morgan fingerprint density at radius 3 is 2.58 bits per heavy atom. The lowest BCUT2D eigenvalue weighted by Crippen LogP contribution is -2.44. The van der Waals surface area contributed by atoms with Gasteiger partial charge in [0.2, 0.25) is 5.91 Å². The molecule has 1 unspecified atom stereocenters. The van der Waals surface area contributed by atoms with Gasteiger partial charge < -0.3 is 10.6 Å². The van der Waals surface area contributed by atoms with Gasteiger partial charge in [-0.05, 0) is 53.3 Å². The Kier molecular flexibility index (Phi) is 4.50. The zero-order valence-corrected chi connectivity index (χ0v) is 14.5. The van der Waals surface area contributed by atoms with Crippen LogP contribution in [0.15, 0.2) is 73.1 Å². The fraction of sp³-hybridized carbons (Fsp3) is 0.182. The molecular formula is C22H21N3O. The number of amides is 1. The maximum Gasteiger partial charge on any atom is 0.244 e. The first-order chi connectivity index (χ1) is 12.7. The second kappa shape index (κ2) is 7.10. The monoisotopic (exact) mass is 343 g/mol. The second-order valence-electron chi connectivity index (χ2n) is 6.62. The molecule has 3 aromatic rings. The highest BCUT2D eigenvalue weighted by Crippen LogP contribution is 2.33. The Labute approximate surface area is 153 Å². The average molecular weight is 343 g/mol. The Balaban J connectivity index is 1.57. The number of rotatable bonds is 4. The Morgan fingerprint density at radius 1 is 1.04 bits per heavy atom. The summed E-state index contributed by atoms with van der Waals surface area (Å²) in [5.41, 5.74) is 11.7. The highest BCUT2D eigenvalue weighted by molar-refractivity contribution is 5.99. The van der Waals surface area contributed by atoms with Crippen molar-refractivity contribution in [2.75, 3.05) is 11.4 Å². The van der Waals surface area contributed by atoms with Gasteiger partial charge in [-0.25, -0.2) is 0 Å². The number of nitrogens with zero attached hydrogens (tertiary/aromatic N) is 2. The molecule has 0 radical (unpaired) electrons. The van der Waals surface area contributed by atoms with Crippen LogP contribution >= 0.6 is 0 Å². The zero-order valence-electron chi connectivity index (χ0n) is 14.5. The molecule has 26 heavy (non-hydrogen) atoms. The van der Waals surface area contributed by atoms with E-state index in [9.17, 15) is 4.79 Å². The van der Waals surface area contributed by atoms with Crippen molar-refractivity contribution >= 4 is 11.6 Å². The van der Waals surface area contributed by atoms with Crippen molar-refractivity contribution in [1.29, 1.82) is 0 Å². The van der Waals surface area contributed by atoms with E-state index < -0.39 is 6.04 Å². The molecule has 1 aliphatic heterocycles. The van der Waals surface area contributed by atoms with Gasteiger partial charge in [0, 0.05) is 24.6 Å². The van der Waals surface area contributed by atoms with Crippen molar-refractivity contribution < 1.29 is 4.79 Å². The number of carbonyl (C=O) groups is 1. The third-order valence-corrected chi connectivity index (χ3v) is 4.88. The summed E-state index contributed by atoms with van der Waals surface area (Å²) >= 11 is 0. The molecule has 0 saturated carbocycles. The molecule has 4 rings (SSSR count). The number of benzene rings is 2. The number of hydrogen-bond donors (Lipinski definition) is 1. The van der Waals surface area contributed by atoms with Gasteiger partial charge in [0.25, 0.3) is 0 Å². The molecule has 0 fully saturated rings. The largest absolute Gasteiger partial charge is 0.320 e. The van der Waals surface area contributed by atoms with Crippen LogP contribution in [0.3, 0.4) is 0 Å². The number of hydrogen-bond acceptors (Lipinski definition) is 3. The minimum absolute atomic E-state index is 0.0144. The number of anilines is 1. The molecule has 0 aliphatic carbocycles. The molecular weight excluding hydrogens is 322 g/mol. The number of fused-ring (bicyclic) bond motifs is 1. The third kappa shape index (κ3) is 3.24. The molecule has 2 heterocycles. The van der Waals surface area contributed by atoms with Crippen molar-refractivity contribution in [3.05, 3.63) is 84.2 Å². The van der Waals surface area contributed by atoms with Crippen LogP contribution in [-0.4, -0.2) is 23.5 Å². The summed E-state index contributed by atoms with van der Waals surface area (Å²) in [5, 5.41) is 0. The molecule has 0 saturated heterocycles. The van der Waals surface area contributed by atoms with E-state index in [2.05, 4.69) is 23.2 Å². The van der Waals surface area contributed by atoms with Crippen LogP contribution in [-0.2, 0) is 17.6 Å². The van der Waals surface area contributed by atoms with Crippen molar-refractivity contribution in [2.24, 2.45) is 5.73 Å². The molecule has 0 bridgehead atoms. The van der Waals surface area contributed by atoms with Crippen LogP contribution in [0.2, 0.25) is 0 Å². The van der Waals surface area contributed by atoms with E-state index in [1.54, 1.807) is 12.4 Å². The zero-order chi connectivity index (χ0) is 17.9. The highest BCUT2D eigenvalue weighted by atomic mass is 16.2. The topological polar surface area (TPSA) is 59.2 Å². The standard InChI is InChI=1S/C22H21N3O/c23-20(14-16-4-2-1-3-5-16)22(26)25-13-10-18-6-7-19(15-21(18)25)17-8-11-24-12-9-17/h1-9,11-12,15,20H,10,13-14,23H2. The molecule has 0 spiro atoms. The highest BCUT2D eigenvalue weighted by Gasteiger charge is 2.28. The Bertz CT molecular complexity index is 909. The predicted octanol–water partition coefficient (Wildman–Crippen LogP) is 3.21. The second-order valence-corrected chi connectivity index (χ2v) is 6.62. The third-order valence-electron chi connectivity index (χ3n) is 4.88. The first-order valence-electron chi connectivity index (χ1n) is 8.86. The maximum absolute atomic E-state index is 13.0. The summed E-state index contributed by atoms with van der Waals surface area (Å²) in [6.07, 6.45) is 4.98. The molecule has 4 nitrogen and oxygen atoms in total. The average Bonchev–Trinajstić information content (AvgIpc) is 3.12. The Hall–Kier alpha value is -2.98. The summed E-state index contributed by atoms with van der Waals surface area (Å²) < 4.78 is 0. The van der Waals surface area contributed by atoms with E-state index in [0.29, 0.717) is 13.0 Å². The lowest BCUT2D eigenvalue weighted by atomic mass is 10.0. The molecule has 1 aliphatic rings. The summed E-state index contributed by atoms with van der Waals surface area (Å²) in [4.78, 5) is 18.9. The van der Waals surface area contributed by atoms with Crippen molar-refractivity contribution in [1.82, 2.24) is 4.98 Å². The van der Waals surface area contributed by atoms with Crippen LogP contribution in [0.4, 0.5) is 5.69 Å². The fourth-order valence-corrected chi connectivity index (χ4v) is 3.49. The summed E-state index contributed by atoms with van der Waals surface area (Å²) in [7, 11) is 0. The smallest absolute Gasteiger partial charge is 0.244 e. The van der Waals surface area contributed by atoms with Gasteiger partial charge in [0.1, 0.15) is 0 Å². The number of nitrogens with two attached hydrogens (primary N) is 1. The summed E-state index contributed by atoms with van der Waals surface area (Å²) in [6.45, 7) is 0.691. The van der Waals surface area contributed by atoms with Gasteiger partial charge in [0.05, 0.1) is 6.04 Å². The minimum Gasteiger partial charge on any atom is -0.320 e. The quantitative estimate of drug-likeness (QED) is 0.791. The van der Waals surface area contributed by atoms with E-state index in [1.807, 2.05) is 47.4 Å². The van der Waals surface area contributed by atoms with E-state index in [0.717, 1.165) is 28.8 Å². The van der Waals surface area contributed by atoms with Gasteiger partial charge in [0.15, 0.2) is 0 Å². The van der Waals surface area contributed by atoms with Crippen molar-refractivity contribution in [3.8, 4) is 11.1 Å². The predicted molar refractivity (Wildman–Crippen MR) is 104 cm³/mol. The van der Waals surface area contributed by atoms with E-state index in [1.165, 1.54) is 5.56 Å². The number of carbonyl (C=O) groups excluding carboxylic acids is 1. The molecule has 2 N–H and O–H groups in total. The minimum atomic E-state index is -0.534. The molecule has 1 aromatic heterocycles. The van der Waals surface area contributed by atoms with Gasteiger partial charge in [-0.2, -0.15) is 0 Å².